The second-order valence-corrected chi connectivity index (χ2v) is 4.42. The van der Waals surface area contributed by atoms with Crippen LogP contribution in [-0.4, -0.2) is 38.1 Å². The molecule has 1 unspecified atom stereocenters. The lowest BCUT2D eigenvalue weighted by Crippen LogP contribution is -2.25. The molecule has 0 aromatic rings. The third kappa shape index (κ3) is 20.1. The van der Waals surface area contributed by atoms with Crippen LogP contribution in [0.1, 0.15) is 53.4 Å². The van der Waals surface area contributed by atoms with E-state index in [1.165, 1.54) is 32.2 Å². The Labute approximate surface area is 97.4 Å². The highest BCUT2D eigenvalue weighted by Gasteiger charge is 1.92. The van der Waals surface area contributed by atoms with E-state index in [-0.39, 0.29) is 0 Å². The van der Waals surface area contributed by atoms with Crippen LogP contribution in [0.5, 0.6) is 0 Å². The number of unbranched alkanes of at least 4 members (excludes halogenated alkanes) is 1. The van der Waals surface area contributed by atoms with Crippen LogP contribution in [-0.2, 0) is 0 Å². The van der Waals surface area contributed by atoms with Crippen LogP contribution in [0.4, 0.5) is 0 Å². The lowest BCUT2D eigenvalue weighted by atomic mass is 10.2. The van der Waals surface area contributed by atoms with Crippen molar-refractivity contribution in [3.8, 4) is 0 Å². The Morgan fingerprint density at radius 2 is 1.67 bits per heavy atom. The number of rotatable bonds is 7. The highest BCUT2D eigenvalue weighted by molar-refractivity contribution is 4.54. The maximum atomic E-state index is 3.38. The van der Waals surface area contributed by atoms with Gasteiger partial charge in [-0.3, -0.25) is 0 Å². The van der Waals surface area contributed by atoms with Gasteiger partial charge in [0, 0.05) is 6.04 Å². The van der Waals surface area contributed by atoms with Gasteiger partial charge in [0.05, 0.1) is 0 Å². The Morgan fingerprint density at radius 1 is 1.07 bits per heavy atom. The van der Waals surface area contributed by atoms with Crippen molar-refractivity contribution in [3.05, 3.63) is 0 Å². The van der Waals surface area contributed by atoms with Crippen molar-refractivity contribution in [3.63, 3.8) is 0 Å². The van der Waals surface area contributed by atoms with Gasteiger partial charge in [0.15, 0.2) is 0 Å². The zero-order valence-electron chi connectivity index (χ0n) is 11.8. The van der Waals surface area contributed by atoms with E-state index in [4.69, 9.17) is 0 Å². The predicted octanol–water partition coefficient (Wildman–Crippen LogP) is 3.13. The minimum atomic E-state index is 0.704. The van der Waals surface area contributed by atoms with Gasteiger partial charge < -0.3 is 10.2 Å². The van der Waals surface area contributed by atoms with Crippen LogP contribution < -0.4 is 5.32 Å². The van der Waals surface area contributed by atoms with Crippen molar-refractivity contribution in [1.82, 2.24) is 10.2 Å². The SMILES string of the molecule is CCCCN(C)C.CCCNC(C)CC. The van der Waals surface area contributed by atoms with E-state index in [1.54, 1.807) is 0 Å². The van der Waals surface area contributed by atoms with Crippen molar-refractivity contribution in [2.75, 3.05) is 27.2 Å². The average molecular weight is 216 g/mol. The van der Waals surface area contributed by atoms with Crippen LogP contribution in [0.3, 0.4) is 0 Å². The second-order valence-electron chi connectivity index (χ2n) is 4.42. The van der Waals surface area contributed by atoms with Gasteiger partial charge in [0.25, 0.3) is 0 Å². The fourth-order valence-electron chi connectivity index (χ4n) is 1.01. The summed E-state index contributed by atoms with van der Waals surface area (Å²) in [7, 11) is 4.21. The molecular formula is C13H32N2. The summed E-state index contributed by atoms with van der Waals surface area (Å²) in [6.07, 6.45) is 5.11. The molecule has 0 radical (unpaired) electrons. The van der Waals surface area contributed by atoms with Crippen LogP contribution in [0, 0.1) is 0 Å². The molecule has 1 N–H and O–H groups in total. The Kier molecular flexibility index (Phi) is 16.1. The molecule has 0 amide bonds. The maximum Gasteiger partial charge on any atom is 0.00360 e. The zero-order valence-corrected chi connectivity index (χ0v) is 11.8. The summed E-state index contributed by atoms with van der Waals surface area (Å²) in [6, 6.07) is 0.704. The summed E-state index contributed by atoms with van der Waals surface area (Å²) in [5.74, 6) is 0. The van der Waals surface area contributed by atoms with Gasteiger partial charge in [-0.15, -0.1) is 0 Å². The molecule has 0 saturated carbocycles. The summed E-state index contributed by atoms with van der Waals surface area (Å²) in [6.45, 7) is 11.2. The minimum absolute atomic E-state index is 0.704. The fraction of sp³-hybridized carbons (Fsp3) is 1.00. The van der Waals surface area contributed by atoms with Crippen molar-refractivity contribution in [2.24, 2.45) is 0 Å². The highest BCUT2D eigenvalue weighted by atomic mass is 15.0. The molecule has 2 heteroatoms. The van der Waals surface area contributed by atoms with Crippen molar-refractivity contribution in [2.45, 2.75) is 59.4 Å². The van der Waals surface area contributed by atoms with E-state index in [0.29, 0.717) is 6.04 Å². The quantitative estimate of drug-likeness (QED) is 0.703. The van der Waals surface area contributed by atoms with Gasteiger partial charge in [-0.05, 0) is 53.4 Å². The molecule has 0 aliphatic rings. The lowest BCUT2D eigenvalue weighted by molar-refractivity contribution is 0.398. The summed E-state index contributed by atoms with van der Waals surface area (Å²) in [5, 5.41) is 3.38. The van der Waals surface area contributed by atoms with E-state index >= 15 is 0 Å². The smallest absolute Gasteiger partial charge is 0.00360 e. The van der Waals surface area contributed by atoms with Gasteiger partial charge in [0.1, 0.15) is 0 Å². The molecule has 15 heavy (non-hydrogen) atoms. The summed E-state index contributed by atoms with van der Waals surface area (Å²) in [5.41, 5.74) is 0. The first-order valence-corrected chi connectivity index (χ1v) is 6.46. The van der Waals surface area contributed by atoms with E-state index in [9.17, 15) is 0 Å². The van der Waals surface area contributed by atoms with E-state index in [1.807, 2.05) is 0 Å². The molecule has 0 aromatic heterocycles. The molecule has 0 aliphatic heterocycles. The van der Waals surface area contributed by atoms with E-state index in [0.717, 1.165) is 6.54 Å². The third-order valence-electron chi connectivity index (χ3n) is 2.31. The first kappa shape index (κ1) is 17.3. The minimum Gasteiger partial charge on any atom is -0.314 e. The number of hydrogen-bond acceptors (Lipinski definition) is 2. The zero-order chi connectivity index (χ0) is 12.1. The van der Waals surface area contributed by atoms with Crippen molar-refractivity contribution in [1.29, 1.82) is 0 Å². The molecule has 0 rings (SSSR count). The topological polar surface area (TPSA) is 15.3 Å². The van der Waals surface area contributed by atoms with Crippen LogP contribution in [0.2, 0.25) is 0 Å². The first-order valence-electron chi connectivity index (χ1n) is 6.46. The monoisotopic (exact) mass is 216 g/mol. The Balaban J connectivity index is 0. The summed E-state index contributed by atoms with van der Waals surface area (Å²) >= 11 is 0. The fourth-order valence-corrected chi connectivity index (χ4v) is 1.01. The Bertz CT molecular complexity index is 103. The second kappa shape index (κ2) is 13.9. The van der Waals surface area contributed by atoms with Crippen molar-refractivity contribution >= 4 is 0 Å². The maximum absolute atomic E-state index is 3.38. The summed E-state index contributed by atoms with van der Waals surface area (Å²) in [4.78, 5) is 2.21. The highest BCUT2D eigenvalue weighted by Crippen LogP contribution is 1.86. The molecule has 0 aromatic carbocycles. The van der Waals surface area contributed by atoms with E-state index < -0.39 is 0 Å². The number of nitrogens with one attached hydrogen (secondary N) is 1. The van der Waals surface area contributed by atoms with E-state index in [2.05, 4.69) is 52.0 Å². The first-order chi connectivity index (χ1) is 7.08. The number of hydrogen-bond donors (Lipinski definition) is 1. The van der Waals surface area contributed by atoms with Gasteiger partial charge in [-0.25, -0.2) is 0 Å². The molecule has 0 saturated heterocycles. The molecule has 1 atom stereocenters. The lowest BCUT2D eigenvalue weighted by Gasteiger charge is -2.08. The van der Waals surface area contributed by atoms with Gasteiger partial charge >= 0.3 is 0 Å². The molecule has 94 valence electrons. The molecule has 0 spiro atoms. The molecule has 0 fully saturated rings. The molecule has 0 bridgehead atoms. The standard InChI is InChI=1S/C7H17N.C6H15N/c1-4-6-8-7(3)5-2;1-4-5-6-7(2)3/h7-8H,4-6H2,1-3H3;4-6H2,1-3H3. The van der Waals surface area contributed by atoms with Gasteiger partial charge in [-0.2, -0.15) is 0 Å². The van der Waals surface area contributed by atoms with Crippen molar-refractivity contribution < 1.29 is 0 Å². The largest absolute Gasteiger partial charge is 0.314 e. The summed E-state index contributed by atoms with van der Waals surface area (Å²) < 4.78 is 0. The number of nitrogens with zero attached hydrogens (tertiary/aromatic N) is 1. The molecule has 0 heterocycles. The molecular weight excluding hydrogens is 184 g/mol. The molecule has 0 aliphatic carbocycles. The Hall–Kier alpha value is -0.0800. The molecule has 2 nitrogen and oxygen atoms in total. The van der Waals surface area contributed by atoms with Gasteiger partial charge in [0.2, 0.25) is 0 Å². The predicted molar refractivity (Wildman–Crippen MR) is 71.5 cm³/mol. The van der Waals surface area contributed by atoms with Crippen LogP contribution in [0.25, 0.3) is 0 Å². The van der Waals surface area contributed by atoms with Crippen LogP contribution in [0.15, 0.2) is 0 Å². The normalized spacial score (nSPS) is 12.2. The van der Waals surface area contributed by atoms with Crippen LogP contribution >= 0.6 is 0 Å². The van der Waals surface area contributed by atoms with Gasteiger partial charge in [-0.1, -0.05) is 27.2 Å². The Morgan fingerprint density at radius 3 is 1.93 bits per heavy atom. The average Bonchev–Trinajstić information content (AvgIpc) is 2.23. The third-order valence-corrected chi connectivity index (χ3v) is 2.31.